The Morgan fingerprint density at radius 3 is 2.36 bits per heavy atom. The molecule has 0 aliphatic heterocycles. The third-order valence-corrected chi connectivity index (χ3v) is 4.46. The first kappa shape index (κ1) is 21.0. The number of hydrogen-bond acceptors (Lipinski definition) is 6. The molecule has 0 atom stereocenters. The predicted octanol–water partition coefficient (Wildman–Crippen LogP) is 2.72. The van der Waals surface area contributed by atoms with E-state index >= 15 is 0 Å². The highest BCUT2D eigenvalue weighted by molar-refractivity contribution is 7.87. The van der Waals surface area contributed by atoms with Crippen molar-refractivity contribution < 1.29 is 35.4 Å². The van der Waals surface area contributed by atoms with Crippen molar-refractivity contribution in [1.82, 2.24) is 5.32 Å². The fourth-order valence-corrected chi connectivity index (χ4v) is 2.99. The first-order valence-corrected chi connectivity index (χ1v) is 8.89. The zero-order valence-corrected chi connectivity index (χ0v) is 15.0. The van der Waals surface area contributed by atoms with Crippen molar-refractivity contribution in [2.75, 3.05) is 11.1 Å². The zero-order valence-electron chi connectivity index (χ0n) is 14.2. The molecule has 0 bridgehead atoms. The van der Waals surface area contributed by atoms with Crippen LogP contribution in [0.15, 0.2) is 47.4 Å². The van der Waals surface area contributed by atoms with Gasteiger partial charge in [0, 0.05) is 13.0 Å². The molecule has 0 radical (unpaired) electrons. The fraction of sp³-hybridized carbons (Fsp3) is 0.125. The van der Waals surface area contributed by atoms with Gasteiger partial charge in [0.2, 0.25) is 5.91 Å². The molecular formula is C16H14F3N3O5S. The molecule has 4 N–H and O–H groups in total. The van der Waals surface area contributed by atoms with E-state index in [9.17, 15) is 31.2 Å². The number of hydrogen-bond donors (Lipinski definition) is 3. The summed E-state index contributed by atoms with van der Waals surface area (Å²) in [7, 11) is -4.56. The van der Waals surface area contributed by atoms with Crippen LogP contribution in [0.2, 0.25) is 0 Å². The third kappa shape index (κ3) is 5.36. The lowest BCUT2D eigenvalue weighted by atomic mass is 10.2. The van der Waals surface area contributed by atoms with Crippen molar-refractivity contribution in [2.24, 2.45) is 0 Å². The van der Waals surface area contributed by atoms with Crippen LogP contribution in [0.5, 0.6) is 5.75 Å². The first-order chi connectivity index (χ1) is 12.9. The number of amides is 3. The lowest BCUT2D eigenvalue weighted by molar-refractivity contribution is -0.137. The Hall–Kier alpha value is -3.28. The number of carbonyl (C=O) groups excluding carboxylic acids is 2. The van der Waals surface area contributed by atoms with E-state index in [1.807, 2.05) is 5.32 Å². The summed E-state index contributed by atoms with van der Waals surface area (Å²) in [5.74, 6) is -0.893. The largest absolute Gasteiger partial charge is 0.416 e. The van der Waals surface area contributed by atoms with Gasteiger partial charge >= 0.3 is 22.3 Å². The minimum atomic E-state index is -4.72. The summed E-state index contributed by atoms with van der Waals surface area (Å²) in [6, 6.07) is 5.59. The number of nitrogen functional groups attached to an aromatic ring is 1. The molecule has 0 spiro atoms. The lowest BCUT2D eigenvalue weighted by Crippen LogP contribution is -2.32. The maximum absolute atomic E-state index is 12.8. The maximum Gasteiger partial charge on any atom is 0.416 e. The Labute approximate surface area is 157 Å². The van der Waals surface area contributed by atoms with Crippen molar-refractivity contribution in [3.63, 3.8) is 0 Å². The van der Waals surface area contributed by atoms with Gasteiger partial charge in [0.25, 0.3) is 0 Å². The quantitative estimate of drug-likeness (QED) is 0.518. The molecule has 28 heavy (non-hydrogen) atoms. The minimum Gasteiger partial charge on any atom is -0.397 e. The second-order valence-corrected chi connectivity index (χ2v) is 6.99. The van der Waals surface area contributed by atoms with Gasteiger partial charge in [-0.15, -0.1) is 0 Å². The highest BCUT2D eigenvalue weighted by Gasteiger charge is 2.32. The van der Waals surface area contributed by atoms with Crippen molar-refractivity contribution in [3.05, 3.63) is 48.0 Å². The maximum atomic E-state index is 12.8. The van der Waals surface area contributed by atoms with E-state index in [4.69, 9.17) is 9.92 Å². The Kier molecular flexibility index (Phi) is 5.83. The molecule has 0 saturated carbocycles. The molecule has 0 unspecified atom stereocenters. The Morgan fingerprint density at radius 2 is 1.79 bits per heavy atom. The number of imide groups is 1. The average molecular weight is 417 g/mol. The number of urea groups is 1. The number of benzene rings is 2. The number of alkyl halides is 3. The third-order valence-electron chi connectivity index (χ3n) is 3.22. The van der Waals surface area contributed by atoms with Gasteiger partial charge in [0.1, 0.15) is 10.6 Å². The van der Waals surface area contributed by atoms with Crippen molar-refractivity contribution >= 4 is 33.4 Å². The van der Waals surface area contributed by atoms with E-state index in [0.717, 1.165) is 37.3 Å². The molecule has 0 aliphatic carbocycles. The van der Waals surface area contributed by atoms with Crippen LogP contribution in [0.3, 0.4) is 0 Å². The molecule has 0 aromatic heterocycles. The van der Waals surface area contributed by atoms with Gasteiger partial charge in [-0.3, -0.25) is 10.1 Å². The lowest BCUT2D eigenvalue weighted by Gasteiger charge is -2.12. The van der Waals surface area contributed by atoms with Crippen LogP contribution in [-0.2, 0) is 21.1 Å². The summed E-state index contributed by atoms with van der Waals surface area (Å²) in [5.41, 5.74) is 4.50. The van der Waals surface area contributed by atoms with Crippen LogP contribution in [0, 0.1) is 0 Å². The van der Waals surface area contributed by atoms with Crippen molar-refractivity contribution in [2.45, 2.75) is 18.0 Å². The molecule has 12 heteroatoms. The predicted molar refractivity (Wildman–Crippen MR) is 92.9 cm³/mol. The smallest absolute Gasteiger partial charge is 0.397 e. The van der Waals surface area contributed by atoms with E-state index in [1.165, 1.54) is 6.07 Å². The first-order valence-electron chi connectivity index (χ1n) is 7.48. The summed E-state index contributed by atoms with van der Waals surface area (Å²) in [6.07, 6.45) is -4.72. The number of nitrogens with two attached hydrogens (primary N) is 1. The number of nitrogens with one attached hydrogen (secondary N) is 2. The molecule has 0 fully saturated rings. The number of carbonyl (C=O) groups is 2. The topological polar surface area (TPSA) is 128 Å². The molecule has 150 valence electrons. The van der Waals surface area contributed by atoms with Crippen molar-refractivity contribution in [3.8, 4) is 5.75 Å². The normalized spacial score (nSPS) is 11.6. The number of halogens is 3. The van der Waals surface area contributed by atoms with Crippen LogP contribution in [0.1, 0.15) is 12.5 Å². The fourth-order valence-electron chi connectivity index (χ4n) is 2.02. The van der Waals surface area contributed by atoms with Gasteiger partial charge in [-0.05, 0) is 30.3 Å². The van der Waals surface area contributed by atoms with Gasteiger partial charge in [0.05, 0.1) is 16.9 Å². The minimum absolute atomic E-state index is 0.0579. The summed E-state index contributed by atoms with van der Waals surface area (Å²) < 4.78 is 67.5. The Bertz CT molecular complexity index is 1020. The molecular weight excluding hydrogens is 403 g/mol. The van der Waals surface area contributed by atoms with Gasteiger partial charge < -0.3 is 15.2 Å². The Morgan fingerprint density at radius 1 is 1.11 bits per heavy atom. The molecule has 8 nitrogen and oxygen atoms in total. The standard InChI is InChI=1S/C16H14F3N3O5S/c1-9(23)21-15(24)22-14-6-5-11(8-13(14)20)27-28(25,26)12-4-2-3-10(7-12)16(17,18)19/h2-8H,20H2,1H3,(H2,21,22,23,24). The Balaban J connectivity index is 2.22. The van der Waals surface area contributed by atoms with Crippen LogP contribution in [-0.4, -0.2) is 20.4 Å². The zero-order chi connectivity index (χ0) is 21.1. The summed E-state index contributed by atoms with van der Waals surface area (Å²) >= 11 is 0. The second kappa shape index (κ2) is 7.76. The second-order valence-electron chi connectivity index (χ2n) is 5.45. The molecule has 0 heterocycles. The monoisotopic (exact) mass is 417 g/mol. The van der Waals surface area contributed by atoms with E-state index in [2.05, 4.69) is 5.32 Å². The number of anilines is 2. The summed E-state index contributed by atoms with van der Waals surface area (Å²) in [6.45, 7) is 1.12. The molecule has 0 aliphatic rings. The highest BCUT2D eigenvalue weighted by Crippen LogP contribution is 2.32. The SMILES string of the molecule is CC(=O)NC(=O)Nc1ccc(OS(=O)(=O)c2cccc(C(F)(F)F)c2)cc1N. The van der Waals surface area contributed by atoms with E-state index in [-0.39, 0.29) is 17.1 Å². The van der Waals surface area contributed by atoms with Gasteiger partial charge in [-0.1, -0.05) is 6.07 Å². The van der Waals surface area contributed by atoms with E-state index < -0.39 is 38.7 Å². The summed E-state index contributed by atoms with van der Waals surface area (Å²) in [5, 5.41) is 4.21. The molecule has 3 amide bonds. The molecule has 0 saturated heterocycles. The van der Waals surface area contributed by atoms with Crippen LogP contribution in [0.25, 0.3) is 0 Å². The van der Waals surface area contributed by atoms with Gasteiger partial charge in [-0.25, -0.2) is 4.79 Å². The highest BCUT2D eigenvalue weighted by atomic mass is 32.2. The van der Waals surface area contributed by atoms with Crippen LogP contribution >= 0.6 is 0 Å². The van der Waals surface area contributed by atoms with Crippen LogP contribution < -0.4 is 20.6 Å². The van der Waals surface area contributed by atoms with Gasteiger partial charge in [0.15, 0.2) is 0 Å². The molecule has 2 aromatic carbocycles. The number of rotatable bonds is 4. The van der Waals surface area contributed by atoms with Crippen LogP contribution in [0.4, 0.5) is 29.3 Å². The van der Waals surface area contributed by atoms with E-state index in [0.29, 0.717) is 6.07 Å². The van der Waals surface area contributed by atoms with Crippen molar-refractivity contribution in [1.29, 1.82) is 0 Å². The van der Waals surface area contributed by atoms with E-state index in [1.54, 1.807) is 0 Å². The summed E-state index contributed by atoms with van der Waals surface area (Å²) in [4.78, 5) is 21.6. The molecule has 2 aromatic rings. The average Bonchev–Trinajstić information content (AvgIpc) is 2.56. The molecule has 2 rings (SSSR count). The van der Waals surface area contributed by atoms with Gasteiger partial charge in [-0.2, -0.15) is 21.6 Å².